The van der Waals surface area contributed by atoms with E-state index in [-0.39, 0.29) is 11.2 Å². The van der Waals surface area contributed by atoms with Gasteiger partial charge in [-0.3, -0.25) is 4.79 Å². The number of ketones is 1. The summed E-state index contributed by atoms with van der Waals surface area (Å²) in [5, 5.41) is 0. The molecule has 0 radical (unpaired) electrons. The lowest BCUT2D eigenvalue weighted by molar-refractivity contribution is -0.121. The molecule has 0 aromatic heterocycles. The quantitative estimate of drug-likeness (QED) is 0.582. The Morgan fingerprint density at radius 2 is 1.85 bits per heavy atom. The van der Waals surface area contributed by atoms with Gasteiger partial charge in [0.1, 0.15) is 0 Å². The van der Waals surface area contributed by atoms with Crippen molar-refractivity contribution in [3.8, 4) is 0 Å². The van der Waals surface area contributed by atoms with Crippen molar-refractivity contribution < 1.29 is 9.53 Å². The van der Waals surface area contributed by atoms with Crippen LogP contribution in [0.3, 0.4) is 0 Å². The van der Waals surface area contributed by atoms with E-state index in [0.717, 1.165) is 26.1 Å². The van der Waals surface area contributed by atoms with Gasteiger partial charge in [0.25, 0.3) is 0 Å². The summed E-state index contributed by atoms with van der Waals surface area (Å²) >= 11 is 0. The summed E-state index contributed by atoms with van der Waals surface area (Å²) in [7, 11) is 0. The molecule has 0 unspecified atom stereocenters. The molecule has 0 N–H and O–H groups in total. The Balaban J connectivity index is 2.59. The van der Waals surface area contributed by atoms with Gasteiger partial charge in [0.15, 0.2) is 5.78 Å². The highest BCUT2D eigenvalue weighted by Gasteiger charge is 2.19. The first-order valence-electron chi connectivity index (χ1n) is 4.82. The molecule has 0 spiro atoms. The fourth-order valence-corrected chi connectivity index (χ4v) is 1.18. The molecule has 0 atom stereocenters. The molecule has 0 bridgehead atoms. The minimum Gasteiger partial charge on any atom is -0.381 e. The Kier molecular flexibility index (Phi) is 3.26. The molecule has 1 saturated heterocycles. The van der Waals surface area contributed by atoms with E-state index < -0.39 is 0 Å². The van der Waals surface area contributed by atoms with Gasteiger partial charge < -0.3 is 4.74 Å². The van der Waals surface area contributed by atoms with E-state index in [1.54, 1.807) is 0 Å². The molecule has 2 nitrogen and oxygen atoms in total. The third kappa shape index (κ3) is 3.31. The summed E-state index contributed by atoms with van der Waals surface area (Å²) in [5.41, 5.74) is 0.997. The number of hydrogen-bond donors (Lipinski definition) is 0. The summed E-state index contributed by atoms with van der Waals surface area (Å²) in [6.07, 6.45) is 3.64. The Labute approximate surface area is 80.0 Å². The minimum absolute atomic E-state index is 0.226. The molecule has 13 heavy (non-hydrogen) atoms. The van der Waals surface area contributed by atoms with E-state index in [2.05, 4.69) is 0 Å². The van der Waals surface area contributed by atoms with Crippen molar-refractivity contribution in [2.45, 2.75) is 33.6 Å². The molecule has 0 aromatic carbocycles. The topological polar surface area (TPSA) is 26.3 Å². The van der Waals surface area contributed by atoms with Crippen molar-refractivity contribution in [2.75, 3.05) is 13.2 Å². The molecule has 2 heteroatoms. The summed E-state index contributed by atoms with van der Waals surface area (Å²) in [4.78, 5) is 11.6. The van der Waals surface area contributed by atoms with Gasteiger partial charge in [-0.15, -0.1) is 0 Å². The SMILES string of the molecule is CC(C)(C)C(=O)C=C1CCOCC1. The zero-order valence-electron chi connectivity index (χ0n) is 8.72. The predicted molar refractivity (Wildman–Crippen MR) is 52.6 cm³/mol. The first-order valence-corrected chi connectivity index (χ1v) is 4.82. The molecule has 1 aliphatic rings. The molecule has 1 heterocycles. The van der Waals surface area contributed by atoms with Crippen LogP contribution in [0.2, 0.25) is 0 Å². The van der Waals surface area contributed by atoms with Gasteiger partial charge in [-0.1, -0.05) is 26.3 Å². The maximum Gasteiger partial charge on any atom is 0.160 e. The molecule has 1 aliphatic heterocycles. The van der Waals surface area contributed by atoms with Crippen LogP contribution in [0.4, 0.5) is 0 Å². The van der Waals surface area contributed by atoms with E-state index >= 15 is 0 Å². The second-order valence-electron chi connectivity index (χ2n) is 4.53. The number of ether oxygens (including phenoxy) is 1. The summed E-state index contributed by atoms with van der Waals surface area (Å²) in [5.74, 6) is 0.226. The first kappa shape index (κ1) is 10.5. The highest BCUT2D eigenvalue weighted by Crippen LogP contribution is 2.19. The van der Waals surface area contributed by atoms with Crippen molar-refractivity contribution in [1.82, 2.24) is 0 Å². The Hall–Kier alpha value is -0.630. The monoisotopic (exact) mass is 182 g/mol. The Morgan fingerprint density at radius 3 is 2.31 bits per heavy atom. The fourth-order valence-electron chi connectivity index (χ4n) is 1.18. The highest BCUT2D eigenvalue weighted by atomic mass is 16.5. The van der Waals surface area contributed by atoms with Gasteiger partial charge in [-0.25, -0.2) is 0 Å². The van der Waals surface area contributed by atoms with E-state index in [1.807, 2.05) is 26.8 Å². The van der Waals surface area contributed by atoms with E-state index in [4.69, 9.17) is 4.74 Å². The molecule has 0 saturated carbocycles. The molecule has 74 valence electrons. The predicted octanol–water partition coefficient (Wildman–Crippen LogP) is 2.34. The van der Waals surface area contributed by atoms with Crippen LogP contribution in [0.25, 0.3) is 0 Å². The molecule has 1 fully saturated rings. The summed E-state index contributed by atoms with van der Waals surface area (Å²) < 4.78 is 5.21. The average molecular weight is 182 g/mol. The van der Waals surface area contributed by atoms with Crippen LogP contribution in [0.5, 0.6) is 0 Å². The van der Waals surface area contributed by atoms with Crippen molar-refractivity contribution >= 4 is 5.78 Å². The van der Waals surface area contributed by atoms with Crippen molar-refractivity contribution in [2.24, 2.45) is 5.41 Å². The van der Waals surface area contributed by atoms with Gasteiger partial charge in [0.05, 0.1) is 13.2 Å². The van der Waals surface area contributed by atoms with Gasteiger partial charge in [-0.2, -0.15) is 0 Å². The van der Waals surface area contributed by atoms with Crippen LogP contribution in [-0.2, 0) is 9.53 Å². The maximum absolute atomic E-state index is 11.6. The van der Waals surface area contributed by atoms with E-state index in [1.165, 1.54) is 5.57 Å². The normalized spacial score (nSPS) is 18.5. The average Bonchev–Trinajstić information content (AvgIpc) is 2.04. The molecule has 1 rings (SSSR count). The van der Waals surface area contributed by atoms with E-state index in [9.17, 15) is 4.79 Å². The zero-order chi connectivity index (χ0) is 9.90. The second kappa shape index (κ2) is 4.05. The fraction of sp³-hybridized carbons (Fsp3) is 0.727. The first-order chi connectivity index (χ1) is 6.00. The number of allylic oxidation sites excluding steroid dienone is 1. The Morgan fingerprint density at radius 1 is 1.31 bits per heavy atom. The largest absolute Gasteiger partial charge is 0.381 e. The van der Waals surface area contributed by atoms with Gasteiger partial charge in [0, 0.05) is 5.41 Å². The molecule has 0 aromatic rings. The number of carbonyl (C=O) groups excluding carboxylic acids is 1. The minimum atomic E-state index is -0.245. The molecule has 0 amide bonds. The van der Waals surface area contributed by atoms with Crippen LogP contribution in [0.1, 0.15) is 33.6 Å². The van der Waals surface area contributed by atoms with Crippen LogP contribution in [-0.4, -0.2) is 19.0 Å². The maximum atomic E-state index is 11.6. The number of hydrogen-bond acceptors (Lipinski definition) is 2. The zero-order valence-corrected chi connectivity index (χ0v) is 8.72. The standard InChI is InChI=1S/C11H18O2/c1-11(2,3)10(12)8-9-4-6-13-7-5-9/h8H,4-7H2,1-3H3. The third-order valence-corrected chi connectivity index (χ3v) is 2.21. The lowest BCUT2D eigenvalue weighted by Gasteiger charge is -2.18. The molecular weight excluding hydrogens is 164 g/mol. The summed E-state index contributed by atoms with van der Waals surface area (Å²) in [6, 6.07) is 0. The lowest BCUT2D eigenvalue weighted by atomic mass is 9.89. The van der Waals surface area contributed by atoms with Crippen molar-refractivity contribution in [1.29, 1.82) is 0 Å². The van der Waals surface area contributed by atoms with Crippen molar-refractivity contribution in [3.05, 3.63) is 11.6 Å². The van der Waals surface area contributed by atoms with Crippen LogP contribution in [0.15, 0.2) is 11.6 Å². The Bertz CT molecular complexity index is 213. The summed E-state index contributed by atoms with van der Waals surface area (Å²) in [6.45, 7) is 7.38. The van der Waals surface area contributed by atoms with Gasteiger partial charge >= 0.3 is 0 Å². The van der Waals surface area contributed by atoms with Gasteiger partial charge in [0.2, 0.25) is 0 Å². The smallest absolute Gasteiger partial charge is 0.160 e. The van der Waals surface area contributed by atoms with E-state index in [0.29, 0.717) is 0 Å². The number of rotatable bonds is 1. The third-order valence-electron chi connectivity index (χ3n) is 2.21. The van der Waals surface area contributed by atoms with Crippen LogP contribution < -0.4 is 0 Å². The highest BCUT2D eigenvalue weighted by molar-refractivity contribution is 5.94. The van der Waals surface area contributed by atoms with Crippen LogP contribution in [0, 0.1) is 5.41 Å². The van der Waals surface area contributed by atoms with Crippen molar-refractivity contribution in [3.63, 3.8) is 0 Å². The van der Waals surface area contributed by atoms with Gasteiger partial charge in [-0.05, 0) is 18.9 Å². The molecular formula is C11H18O2. The lowest BCUT2D eigenvalue weighted by Crippen LogP contribution is -2.19. The number of carbonyl (C=O) groups is 1. The van der Waals surface area contributed by atoms with Crippen LogP contribution >= 0.6 is 0 Å². The molecule has 0 aliphatic carbocycles. The second-order valence-corrected chi connectivity index (χ2v) is 4.53.